The quantitative estimate of drug-likeness (QED) is 0.763. The van der Waals surface area contributed by atoms with E-state index < -0.39 is 6.10 Å². The molecule has 2 heteroatoms. The highest BCUT2D eigenvalue weighted by atomic mass is 16.3. The Morgan fingerprint density at radius 3 is 2.58 bits per heavy atom. The Labute approximate surface area is 112 Å². The second-order valence-electron chi connectivity index (χ2n) is 4.84. The maximum atomic E-state index is 10.2. The van der Waals surface area contributed by atoms with E-state index in [1.54, 1.807) is 0 Å². The molecule has 3 aromatic rings. The fourth-order valence-electron chi connectivity index (χ4n) is 2.35. The van der Waals surface area contributed by atoms with Crippen molar-refractivity contribution in [3.8, 4) is 0 Å². The fourth-order valence-corrected chi connectivity index (χ4v) is 2.35. The Bertz CT molecular complexity index is 683. The van der Waals surface area contributed by atoms with Crippen molar-refractivity contribution >= 4 is 11.0 Å². The van der Waals surface area contributed by atoms with Crippen molar-refractivity contribution < 1.29 is 9.52 Å². The number of aliphatic hydroxyl groups excluding tert-OH is 1. The highest BCUT2D eigenvalue weighted by Gasteiger charge is 2.12. The number of para-hydroxylation sites is 1. The van der Waals surface area contributed by atoms with Gasteiger partial charge in [-0.15, -0.1) is 0 Å². The second kappa shape index (κ2) is 4.90. The minimum atomic E-state index is -0.526. The standard InChI is InChI=1S/C17H16O2/c1-12-6-5-9-14-10-15(19-17(12)14)11-16(18)13-7-3-2-4-8-13/h2-10,16,18H,11H2,1H3. The predicted molar refractivity (Wildman–Crippen MR) is 76.1 cm³/mol. The van der Waals surface area contributed by atoms with E-state index in [-0.39, 0.29) is 0 Å². The van der Waals surface area contributed by atoms with Crippen LogP contribution in [-0.2, 0) is 6.42 Å². The maximum Gasteiger partial charge on any atom is 0.137 e. The molecule has 0 aliphatic rings. The van der Waals surface area contributed by atoms with Crippen LogP contribution in [-0.4, -0.2) is 5.11 Å². The van der Waals surface area contributed by atoms with Crippen molar-refractivity contribution in [1.29, 1.82) is 0 Å². The first kappa shape index (κ1) is 12.0. The van der Waals surface area contributed by atoms with Gasteiger partial charge in [0.1, 0.15) is 11.3 Å². The fraction of sp³-hybridized carbons (Fsp3) is 0.176. The van der Waals surface area contributed by atoms with Crippen molar-refractivity contribution in [1.82, 2.24) is 0 Å². The number of fused-ring (bicyclic) bond motifs is 1. The summed E-state index contributed by atoms with van der Waals surface area (Å²) in [5.41, 5.74) is 2.95. The summed E-state index contributed by atoms with van der Waals surface area (Å²) in [7, 11) is 0. The topological polar surface area (TPSA) is 33.4 Å². The molecule has 1 heterocycles. The lowest BCUT2D eigenvalue weighted by Gasteiger charge is -2.08. The van der Waals surface area contributed by atoms with Gasteiger partial charge in [-0.1, -0.05) is 48.5 Å². The molecule has 1 unspecified atom stereocenters. The molecule has 0 spiro atoms. The SMILES string of the molecule is Cc1cccc2cc(CC(O)c3ccccc3)oc12. The van der Waals surface area contributed by atoms with Crippen molar-refractivity contribution in [2.45, 2.75) is 19.4 Å². The zero-order valence-electron chi connectivity index (χ0n) is 10.8. The van der Waals surface area contributed by atoms with Crippen molar-refractivity contribution in [2.24, 2.45) is 0 Å². The summed E-state index contributed by atoms with van der Waals surface area (Å²) in [4.78, 5) is 0. The van der Waals surface area contributed by atoms with Crippen LogP contribution < -0.4 is 0 Å². The summed E-state index contributed by atoms with van der Waals surface area (Å²) in [5.74, 6) is 0.820. The smallest absolute Gasteiger partial charge is 0.137 e. The molecule has 0 bridgehead atoms. The van der Waals surface area contributed by atoms with E-state index in [2.05, 4.69) is 0 Å². The highest BCUT2D eigenvalue weighted by molar-refractivity contribution is 5.80. The molecule has 19 heavy (non-hydrogen) atoms. The van der Waals surface area contributed by atoms with E-state index in [0.717, 1.165) is 27.9 Å². The van der Waals surface area contributed by atoms with E-state index in [0.29, 0.717) is 6.42 Å². The van der Waals surface area contributed by atoms with Gasteiger partial charge in [-0.05, 0) is 24.1 Å². The monoisotopic (exact) mass is 252 g/mol. The number of furan rings is 1. The van der Waals surface area contributed by atoms with Crippen LogP contribution in [0.2, 0.25) is 0 Å². The van der Waals surface area contributed by atoms with Crippen LogP contribution in [0.1, 0.15) is 23.0 Å². The molecule has 0 radical (unpaired) electrons. The molecular weight excluding hydrogens is 236 g/mol. The van der Waals surface area contributed by atoms with E-state index in [4.69, 9.17) is 4.42 Å². The minimum absolute atomic E-state index is 0.498. The number of hydrogen-bond donors (Lipinski definition) is 1. The van der Waals surface area contributed by atoms with E-state index >= 15 is 0 Å². The summed E-state index contributed by atoms with van der Waals surface area (Å²) in [6, 6.07) is 17.8. The third kappa shape index (κ3) is 2.40. The number of benzene rings is 2. The molecule has 96 valence electrons. The van der Waals surface area contributed by atoms with Gasteiger partial charge in [-0.25, -0.2) is 0 Å². The molecule has 2 nitrogen and oxygen atoms in total. The lowest BCUT2D eigenvalue weighted by Crippen LogP contribution is -2.00. The summed E-state index contributed by atoms with van der Waals surface area (Å²) >= 11 is 0. The van der Waals surface area contributed by atoms with Gasteiger partial charge in [0, 0.05) is 11.8 Å². The summed E-state index contributed by atoms with van der Waals surface area (Å²) in [5, 5.41) is 11.3. The first-order valence-electron chi connectivity index (χ1n) is 6.45. The highest BCUT2D eigenvalue weighted by Crippen LogP contribution is 2.26. The normalized spacial score (nSPS) is 12.7. The average molecular weight is 252 g/mol. The summed E-state index contributed by atoms with van der Waals surface area (Å²) < 4.78 is 5.83. The zero-order chi connectivity index (χ0) is 13.2. The first-order chi connectivity index (χ1) is 9.24. The number of aliphatic hydroxyl groups is 1. The van der Waals surface area contributed by atoms with Crippen LogP contribution in [0, 0.1) is 6.92 Å². The van der Waals surface area contributed by atoms with E-state index in [1.165, 1.54) is 0 Å². The van der Waals surface area contributed by atoms with Gasteiger partial charge in [0.05, 0.1) is 6.10 Å². The van der Waals surface area contributed by atoms with Crippen LogP contribution in [0.4, 0.5) is 0 Å². The second-order valence-corrected chi connectivity index (χ2v) is 4.84. The van der Waals surface area contributed by atoms with E-state index in [1.807, 2.05) is 61.5 Å². The Hall–Kier alpha value is -2.06. The van der Waals surface area contributed by atoms with Crippen LogP contribution in [0.5, 0.6) is 0 Å². The Morgan fingerprint density at radius 2 is 1.84 bits per heavy atom. The zero-order valence-corrected chi connectivity index (χ0v) is 10.8. The van der Waals surface area contributed by atoms with Crippen molar-refractivity contribution in [3.05, 3.63) is 71.5 Å². The third-order valence-corrected chi connectivity index (χ3v) is 3.37. The first-order valence-corrected chi connectivity index (χ1v) is 6.45. The number of aryl methyl sites for hydroxylation is 1. The molecule has 0 aliphatic heterocycles. The number of hydrogen-bond acceptors (Lipinski definition) is 2. The Balaban J connectivity index is 1.88. The predicted octanol–water partition coefficient (Wildman–Crippen LogP) is 4.02. The third-order valence-electron chi connectivity index (χ3n) is 3.37. The van der Waals surface area contributed by atoms with Crippen LogP contribution in [0.3, 0.4) is 0 Å². The molecular formula is C17H16O2. The molecule has 1 N–H and O–H groups in total. The Morgan fingerprint density at radius 1 is 1.05 bits per heavy atom. The molecule has 3 rings (SSSR count). The van der Waals surface area contributed by atoms with Gasteiger partial charge >= 0.3 is 0 Å². The molecule has 0 fully saturated rings. The lowest BCUT2D eigenvalue weighted by molar-refractivity contribution is 0.171. The van der Waals surface area contributed by atoms with Gasteiger partial charge in [-0.3, -0.25) is 0 Å². The van der Waals surface area contributed by atoms with E-state index in [9.17, 15) is 5.11 Å². The molecule has 1 atom stereocenters. The lowest BCUT2D eigenvalue weighted by atomic mass is 10.1. The number of rotatable bonds is 3. The maximum absolute atomic E-state index is 10.2. The van der Waals surface area contributed by atoms with Crippen LogP contribution >= 0.6 is 0 Å². The molecule has 0 aliphatic carbocycles. The molecule has 1 aromatic heterocycles. The summed E-state index contributed by atoms with van der Waals surface area (Å²) in [6.07, 6.45) is -0.0277. The summed E-state index contributed by atoms with van der Waals surface area (Å²) in [6.45, 7) is 2.03. The molecule has 0 saturated carbocycles. The largest absolute Gasteiger partial charge is 0.461 e. The van der Waals surface area contributed by atoms with Crippen LogP contribution in [0.15, 0.2) is 59.0 Å². The molecule has 0 amide bonds. The van der Waals surface area contributed by atoms with Gasteiger partial charge in [0.2, 0.25) is 0 Å². The van der Waals surface area contributed by atoms with Gasteiger partial charge in [0.15, 0.2) is 0 Å². The van der Waals surface area contributed by atoms with Crippen molar-refractivity contribution in [2.75, 3.05) is 0 Å². The average Bonchev–Trinajstić information content (AvgIpc) is 2.84. The van der Waals surface area contributed by atoms with Gasteiger partial charge < -0.3 is 9.52 Å². The van der Waals surface area contributed by atoms with Crippen molar-refractivity contribution in [3.63, 3.8) is 0 Å². The molecule has 2 aromatic carbocycles. The minimum Gasteiger partial charge on any atom is -0.461 e. The van der Waals surface area contributed by atoms with Gasteiger partial charge in [0.25, 0.3) is 0 Å². The Kier molecular flexibility index (Phi) is 3.10. The molecule has 0 saturated heterocycles. The van der Waals surface area contributed by atoms with Crippen LogP contribution in [0.25, 0.3) is 11.0 Å². The van der Waals surface area contributed by atoms with Gasteiger partial charge in [-0.2, -0.15) is 0 Å².